The second-order valence-electron chi connectivity index (χ2n) is 4.99. The summed E-state index contributed by atoms with van der Waals surface area (Å²) < 4.78 is 5.93. The maximum atomic E-state index is 11.8. The molecule has 106 valence electrons. The number of aryl methyl sites for hydroxylation is 2. The quantitative estimate of drug-likeness (QED) is 0.708. The van der Waals surface area contributed by atoms with Crippen LogP contribution in [-0.4, -0.2) is 10.2 Å². The Morgan fingerprint density at radius 2 is 1.71 bits per heavy atom. The van der Waals surface area contributed by atoms with Gasteiger partial charge in [0.2, 0.25) is 5.88 Å². The largest absolute Gasteiger partial charge is 0.437 e. The standard InChI is InChI=1S/C16H15N3O2/c1-9-7-11(17)8-10(2)14(9)21-16-13-6-4-3-5-12(13)15(20)18-19-16/h3-8H,17H2,1-2H3,(H,18,20). The van der Waals surface area contributed by atoms with E-state index in [1.165, 1.54) is 0 Å². The van der Waals surface area contributed by atoms with Gasteiger partial charge in [-0.15, -0.1) is 5.10 Å². The fourth-order valence-corrected chi connectivity index (χ4v) is 2.41. The van der Waals surface area contributed by atoms with Gasteiger partial charge >= 0.3 is 0 Å². The molecule has 5 nitrogen and oxygen atoms in total. The number of nitrogens with two attached hydrogens (primary N) is 1. The lowest BCUT2D eigenvalue weighted by molar-refractivity contribution is 0.454. The van der Waals surface area contributed by atoms with Gasteiger partial charge in [0.25, 0.3) is 5.56 Å². The highest BCUT2D eigenvalue weighted by atomic mass is 16.5. The summed E-state index contributed by atoms with van der Waals surface area (Å²) in [6.07, 6.45) is 0. The van der Waals surface area contributed by atoms with E-state index >= 15 is 0 Å². The molecule has 0 fully saturated rings. The minimum Gasteiger partial charge on any atom is -0.437 e. The van der Waals surface area contributed by atoms with E-state index in [4.69, 9.17) is 10.5 Å². The maximum absolute atomic E-state index is 11.8. The average Bonchev–Trinajstić information content (AvgIpc) is 2.45. The third-order valence-corrected chi connectivity index (χ3v) is 3.34. The Kier molecular flexibility index (Phi) is 3.10. The molecule has 0 aliphatic rings. The first-order chi connectivity index (χ1) is 10.1. The van der Waals surface area contributed by atoms with Crippen molar-refractivity contribution in [3.05, 3.63) is 57.9 Å². The topological polar surface area (TPSA) is 81.0 Å². The third kappa shape index (κ3) is 2.33. The summed E-state index contributed by atoms with van der Waals surface area (Å²) in [5.41, 5.74) is 8.11. The van der Waals surface area contributed by atoms with Crippen molar-refractivity contribution in [2.45, 2.75) is 13.8 Å². The van der Waals surface area contributed by atoms with E-state index < -0.39 is 0 Å². The highest BCUT2D eigenvalue weighted by Crippen LogP contribution is 2.32. The van der Waals surface area contributed by atoms with E-state index in [2.05, 4.69) is 10.2 Å². The van der Waals surface area contributed by atoms with Crippen molar-refractivity contribution in [2.24, 2.45) is 0 Å². The van der Waals surface area contributed by atoms with E-state index in [0.29, 0.717) is 28.1 Å². The molecule has 3 N–H and O–H groups in total. The van der Waals surface area contributed by atoms with Crippen LogP contribution in [0, 0.1) is 13.8 Å². The van der Waals surface area contributed by atoms with Crippen molar-refractivity contribution in [3.8, 4) is 11.6 Å². The fraction of sp³-hybridized carbons (Fsp3) is 0.125. The number of nitrogens with zero attached hydrogens (tertiary/aromatic N) is 1. The maximum Gasteiger partial charge on any atom is 0.272 e. The van der Waals surface area contributed by atoms with E-state index in [-0.39, 0.29) is 5.56 Å². The zero-order chi connectivity index (χ0) is 15.0. The molecule has 0 saturated heterocycles. The van der Waals surface area contributed by atoms with Crippen LogP contribution in [0.5, 0.6) is 11.6 Å². The van der Waals surface area contributed by atoms with E-state index in [0.717, 1.165) is 11.1 Å². The lowest BCUT2D eigenvalue weighted by Gasteiger charge is -2.12. The number of fused-ring (bicyclic) bond motifs is 1. The van der Waals surface area contributed by atoms with Gasteiger partial charge < -0.3 is 10.5 Å². The summed E-state index contributed by atoms with van der Waals surface area (Å²) in [4.78, 5) is 11.8. The first kappa shape index (κ1) is 13.2. The second kappa shape index (κ2) is 4.94. The number of hydrogen-bond acceptors (Lipinski definition) is 4. The van der Waals surface area contributed by atoms with Crippen molar-refractivity contribution in [3.63, 3.8) is 0 Å². The SMILES string of the molecule is Cc1cc(N)cc(C)c1Oc1n[nH]c(=O)c2ccccc12. The molecule has 0 unspecified atom stereocenters. The molecular formula is C16H15N3O2. The molecule has 0 amide bonds. The second-order valence-corrected chi connectivity index (χ2v) is 4.99. The summed E-state index contributed by atoms with van der Waals surface area (Å²) in [5, 5.41) is 7.70. The molecular weight excluding hydrogens is 266 g/mol. The molecule has 5 heteroatoms. The van der Waals surface area contributed by atoms with Crippen LogP contribution in [0.1, 0.15) is 11.1 Å². The fourth-order valence-electron chi connectivity index (χ4n) is 2.41. The Morgan fingerprint density at radius 1 is 1.10 bits per heavy atom. The summed E-state index contributed by atoms with van der Waals surface area (Å²) in [7, 11) is 0. The van der Waals surface area contributed by atoms with E-state index in [9.17, 15) is 4.79 Å². The lowest BCUT2D eigenvalue weighted by atomic mass is 10.1. The molecule has 0 radical (unpaired) electrons. The number of hydrogen-bond donors (Lipinski definition) is 2. The van der Waals surface area contributed by atoms with Gasteiger partial charge in [0.1, 0.15) is 5.75 Å². The number of benzene rings is 2. The molecule has 1 heterocycles. The Morgan fingerprint density at radius 3 is 2.38 bits per heavy atom. The third-order valence-electron chi connectivity index (χ3n) is 3.34. The average molecular weight is 281 g/mol. The molecule has 0 aliphatic carbocycles. The molecule has 0 aliphatic heterocycles. The van der Waals surface area contributed by atoms with Crippen LogP contribution in [-0.2, 0) is 0 Å². The molecule has 3 rings (SSSR count). The van der Waals surface area contributed by atoms with E-state index in [1.54, 1.807) is 12.1 Å². The van der Waals surface area contributed by atoms with Crippen molar-refractivity contribution >= 4 is 16.5 Å². The Labute approximate surface area is 121 Å². The molecule has 0 saturated carbocycles. The first-order valence-corrected chi connectivity index (χ1v) is 6.58. The summed E-state index contributed by atoms with van der Waals surface area (Å²) >= 11 is 0. The highest BCUT2D eigenvalue weighted by Gasteiger charge is 2.11. The number of ether oxygens (including phenoxy) is 1. The van der Waals surface area contributed by atoms with Gasteiger partial charge in [-0.2, -0.15) is 0 Å². The van der Waals surface area contributed by atoms with Gasteiger partial charge in [0.15, 0.2) is 0 Å². The van der Waals surface area contributed by atoms with Gasteiger partial charge in [0.05, 0.1) is 10.8 Å². The predicted molar refractivity (Wildman–Crippen MR) is 82.8 cm³/mol. The van der Waals surface area contributed by atoms with E-state index in [1.807, 2.05) is 38.1 Å². The molecule has 0 bridgehead atoms. The number of rotatable bonds is 2. The molecule has 1 aromatic heterocycles. The molecule has 21 heavy (non-hydrogen) atoms. The highest BCUT2D eigenvalue weighted by molar-refractivity contribution is 5.86. The Bertz CT molecular complexity index is 861. The zero-order valence-electron chi connectivity index (χ0n) is 11.8. The van der Waals surface area contributed by atoms with Crippen LogP contribution in [0.4, 0.5) is 5.69 Å². The van der Waals surface area contributed by atoms with Crippen molar-refractivity contribution in [1.82, 2.24) is 10.2 Å². The minimum atomic E-state index is -0.233. The van der Waals surface area contributed by atoms with Crippen LogP contribution >= 0.6 is 0 Å². The normalized spacial score (nSPS) is 10.8. The number of H-pyrrole nitrogens is 1. The Balaban J connectivity index is 2.16. The Hall–Kier alpha value is -2.82. The van der Waals surface area contributed by atoms with Crippen LogP contribution in [0.2, 0.25) is 0 Å². The molecule has 0 spiro atoms. The van der Waals surface area contributed by atoms with Gasteiger partial charge in [0, 0.05) is 5.69 Å². The monoisotopic (exact) mass is 281 g/mol. The molecule has 3 aromatic rings. The number of anilines is 1. The number of nitrogen functional groups attached to an aromatic ring is 1. The van der Waals surface area contributed by atoms with Crippen LogP contribution in [0.3, 0.4) is 0 Å². The van der Waals surface area contributed by atoms with Gasteiger partial charge in [-0.3, -0.25) is 4.79 Å². The van der Waals surface area contributed by atoms with Crippen molar-refractivity contribution < 1.29 is 4.74 Å². The number of nitrogens with one attached hydrogen (secondary N) is 1. The predicted octanol–water partition coefficient (Wildman–Crippen LogP) is 2.91. The lowest BCUT2D eigenvalue weighted by Crippen LogP contribution is -2.09. The summed E-state index contributed by atoms with van der Waals surface area (Å²) in [6.45, 7) is 3.85. The van der Waals surface area contributed by atoms with Crippen LogP contribution in [0.15, 0.2) is 41.2 Å². The summed E-state index contributed by atoms with van der Waals surface area (Å²) in [5.74, 6) is 1.08. The van der Waals surface area contributed by atoms with Crippen molar-refractivity contribution in [1.29, 1.82) is 0 Å². The smallest absolute Gasteiger partial charge is 0.272 e. The first-order valence-electron chi connectivity index (χ1n) is 6.58. The molecule has 2 aromatic carbocycles. The minimum absolute atomic E-state index is 0.233. The van der Waals surface area contributed by atoms with Gasteiger partial charge in [-0.25, -0.2) is 5.10 Å². The number of aromatic nitrogens is 2. The number of aromatic amines is 1. The zero-order valence-corrected chi connectivity index (χ0v) is 11.8. The van der Waals surface area contributed by atoms with Gasteiger partial charge in [-0.1, -0.05) is 12.1 Å². The molecule has 0 atom stereocenters. The van der Waals surface area contributed by atoms with Crippen molar-refractivity contribution in [2.75, 3.05) is 5.73 Å². The van der Waals surface area contributed by atoms with Crippen LogP contribution < -0.4 is 16.0 Å². The summed E-state index contributed by atoms with van der Waals surface area (Å²) in [6, 6.07) is 10.9. The van der Waals surface area contributed by atoms with Crippen LogP contribution in [0.25, 0.3) is 10.8 Å². The van der Waals surface area contributed by atoms with Gasteiger partial charge in [-0.05, 0) is 49.2 Å².